The van der Waals surface area contributed by atoms with Crippen molar-refractivity contribution in [3.8, 4) is 0 Å². The largest absolute Gasteiger partial charge is 0.356 e. The van der Waals surface area contributed by atoms with Gasteiger partial charge in [0.05, 0.1) is 0 Å². The van der Waals surface area contributed by atoms with Gasteiger partial charge in [-0.3, -0.25) is 9.98 Å². The van der Waals surface area contributed by atoms with Crippen LogP contribution in [-0.4, -0.2) is 42.1 Å². The second kappa shape index (κ2) is 10.3. The average Bonchev–Trinajstić information content (AvgIpc) is 2.97. The summed E-state index contributed by atoms with van der Waals surface area (Å²) in [4.78, 5) is 8.55. The van der Waals surface area contributed by atoms with E-state index in [1.165, 1.54) is 18.6 Å². The zero-order valence-electron chi connectivity index (χ0n) is 11.8. The van der Waals surface area contributed by atoms with Gasteiger partial charge in [0.1, 0.15) is 0 Å². The van der Waals surface area contributed by atoms with Gasteiger partial charge >= 0.3 is 0 Å². The second-order valence-electron chi connectivity index (χ2n) is 4.59. The van der Waals surface area contributed by atoms with Gasteiger partial charge in [0.25, 0.3) is 0 Å². The molecule has 1 atom stereocenters. The van der Waals surface area contributed by atoms with Gasteiger partial charge in [0.2, 0.25) is 0 Å². The van der Waals surface area contributed by atoms with E-state index in [0.29, 0.717) is 0 Å². The van der Waals surface area contributed by atoms with E-state index in [0.717, 1.165) is 36.4 Å². The van der Waals surface area contributed by atoms with E-state index in [4.69, 9.17) is 0 Å². The van der Waals surface area contributed by atoms with Crippen molar-refractivity contribution in [3.05, 3.63) is 30.1 Å². The molecule has 2 heterocycles. The smallest absolute Gasteiger partial charge is 0.191 e. The van der Waals surface area contributed by atoms with Crippen molar-refractivity contribution in [2.75, 3.05) is 25.9 Å². The zero-order chi connectivity index (χ0) is 13.3. The number of aromatic nitrogens is 1. The summed E-state index contributed by atoms with van der Waals surface area (Å²) < 4.78 is 0. The van der Waals surface area contributed by atoms with Crippen LogP contribution in [-0.2, 0) is 6.42 Å². The van der Waals surface area contributed by atoms with Crippen molar-refractivity contribution >= 4 is 41.7 Å². The number of thioether (sulfide) groups is 1. The number of hydrogen-bond acceptors (Lipinski definition) is 3. The Labute approximate surface area is 142 Å². The molecule has 1 unspecified atom stereocenters. The predicted octanol–water partition coefficient (Wildman–Crippen LogP) is 2.30. The molecular weight excluding hydrogens is 383 g/mol. The summed E-state index contributed by atoms with van der Waals surface area (Å²) in [5.41, 5.74) is 1.11. The molecule has 4 nitrogen and oxygen atoms in total. The number of halogens is 1. The molecule has 0 spiro atoms. The van der Waals surface area contributed by atoms with Crippen LogP contribution in [0.4, 0.5) is 0 Å². The third-order valence-corrected chi connectivity index (χ3v) is 4.54. The highest BCUT2D eigenvalue weighted by atomic mass is 127. The molecule has 0 aromatic carbocycles. The van der Waals surface area contributed by atoms with Crippen LogP contribution in [0.1, 0.15) is 18.5 Å². The quantitative estimate of drug-likeness (QED) is 0.448. The Morgan fingerprint density at radius 3 is 3.00 bits per heavy atom. The van der Waals surface area contributed by atoms with Gasteiger partial charge in [0, 0.05) is 43.7 Å². The first kappa shape index (κ1) is 17.6. The molecular formula is C14H23IN4S. The summed E-state index contributed by atoms with van der Waals surface area (Å²) >= 11 is 2.06. The van der Waals surface area contributed by atoms with E-state index < -0.39 is 0 Å². The van der Waals surface area contributed by atoms with Gasteiger partial charge < -0.3 is 10.6 Å². The molecule has 112 valence electrons. The minimum atomic E-state index is 0. The molecule has 1 aromatic heterocycles. The van der Waals surface area contributed by atoms with E-state index in [-0.39, 0.29) is 24.0 Å². The van der Waals surface area contributed by atoms with E-state index in [1.807, 2.05) is 31.4 Å². The summed E-state index contributed by atoms with van der Waals surface area (Å²) in [6.45, 7) is 1.86. The van der Waals surface area contributed by atoms with Crippen molar-refractivity contribution in [1.29, 1.82) is 0 Å². The number of nitrogens with zero attached hydrogens (tertiary/aromatic N) is 2. The molecule has 2 N–H and O–H groups in total. The van der Waals surface area contributed by atoms with Crippen LogP contribution in [0.15, 0.2) is 29.4 Å². The van der Waals surface area contributed by atoms with Crippen LogP contribution >= 0.6 is 35.7 Å². The first-order chi connectivity index (χ1) is 9.38. The van der Waals surface area contributed by atoms with Gasteiger partial charge in [-0.05, 0) is 30.7 Å². The van der Waals surface area contributed by atoms with E-state index in [1.54, 1.807) is 0 Å². The molecule has 1 fully saturated rings. The third kappa shape index (κ3) is 6.30. The summed E-state index contributed by atoms with van der Waals surface area (Å²) in [6.07, 6.45) is 5.42. The second-order valence-corrected chi connectivity index (χ2v) is 5.99. The Kier molecular flexibility index (Phi) is 9.00. The fourth-order valence-electron chi connectivity index (χ4n) is 2.09. The van der Waals surface area contributed by atoms with Gasteiger partial charge in [0.15, 0.2) is 5.96 Å². The van der Waals surface area contributed by atoms with Gasteiger partial charge in [-0.25, -0.2) is 0 Å². The Hall–Kier alpha value is -0.500. The summed E-state index contributed by atoms with van der Waals surface area (Å²) in [7, 11) is 1.82. The molecule has 1 saturated heterocycles. The van der Waals surface area contributed by atoms with Gasteiger partial charge in [-0.2, -0.15) is 11.8 Å². The molecule has 1 aromatic rings. The highest BCUT2D eigenvalue weighted by Crippen LogP contribution is 2.25. The molecule has 0 aliphatic carbocycles. The van der Waals surface area contributed by atoms with Crippen LogP contribution in [0.2, 0.25) is 0 Å². The van der Waals surface area contributed by atoms with E-state index >= 15 is 0 Å². The summed E-state index contributed by atoms with van der Waals surface area (Å²) in [6, 6.07) is 6.01. The lowest BCUT2D eigenvalue weighted by Gasteiger charge is -2.14. The fourth-order valence-corrected chi connectivity index (χ4v) is 3.29. The topological polar surface area (TPSA) is 49.3 Å². The standard InChI is InChI=1S/C14H22N4S.HI/c1-15-14(18-11-13-6-4-10-19-13)17-9-7-12-5-2-3-8-16-12;/h2-3,5,8,13H,4,6-7,9-11H2,1H3,(H2,15,17,18);1H. The highest BCUT2D eigenvalue weighted by Gasteiger charge is 2.15. The lowest BCUT2D eigenvalue weighted by atomic mass is 10.2. The van der Waals surface area contributed by atoms with E-state index in [9.17, 15) is 0 Å². The molecule has 1 aliphatic rings. The number of nitrogens with one attached hydrogen (secondary N) is 2. The van der Waals surface area contributed by atoms with Crippen molar-refractivity contribution in [2.24, 2.45) is 4.99 Å². The van der Waals surface area contributed by atoms with Gasteiger partial charge in [-0.15, -0.1) is 24.0 Å². The number of aliphatic imine (C=N–C) groups is 1. The van der Waals surface area contributed by atoms with Crippen LogP contribution < -0.4 is 10.6 Å². The number of pyridine rings is 1. The van der Waals surface area contributed by atoms with Crippen LogP contribution in [0.3, 0.4) is 0 Å². The van der Waals surface area contributed by atoms with Crippen LogP contribution in [0, 0.1) is 0 Å². The molecule has 0 amide bonds. The van der Waals surface area contributed by atoms with Gasteiger partial charge in [-0.1, -0.05) is 6.07 Å². The molecule has 2 rings (SSSR count). The minimum Gasteiger partial charge on any atom is -0.356 e. The number of guanidine groups is 1. The fraction of sp³-hybridized carbons (Fsp3) is 0.571. The number of hydrogen-bond donors (Lipinski definition) is 2. The minimum absolute atomic E-state index is 0. The van der Waals surface area contributed by atoms with Crippen molar-refractivity contribution in [1.82, 2.24) is 15.6 Å². The first-order valence-electron chi connectivity index (χ1n) is 6.84. The van der Waals surface area contributed by atoms with Crippen molar-refractivity contribution in [3.63, 3.8) is 0 Å². The SMILES string of the molecule is CN=C(NCCc1ccccn1)NCC1CCCS1.I. The molecule has 0 saturated carbocycles. The lowest BCUT2D eigenvalue weighted by Crippen LogP contribution is -2.40. The van der Waals surface area contributed by atoms with Crippen molar-refractivity contribution in [2.45, 2.75) is 24.5 Å². The maximum Gasteiger partial charge on any atom is 0.191 e. The number of rotatable bonds is 5. The maximum atomic E-state index is 4.31. The first-order valence-corrected chi connectivity index (χ1v) is 7.89. The van der Waals surface area contributed by atoms with E-state index in [2.05, 4.69) is 32.4 Å². The molecule has 6 heteroatoms. The molecule has 0 radical (unpaired) electrons. The highest BCUT2D eigenvalue weighted by molar-refractivity contribution is 14.0. The Morgan fingerprint density at radius 2 is 2.35 bits per heavy atom. The Balaban J connectivity index is 0.00000200. The van der Waals surface area contributed by atoms with Crippen LogP contribution in [0.25, 0.3) is 0 Å². The lowest BCUT2D eigenvalue weighted by molar-refractivity contribution is 0.722. The average molecular weight is 406 g/mol. The molecule has 1 aliphatic heterocycles. The zero-order valence-corrected chi connectivity index (χ0v) is 15.0. The summed E-state index contributed by atoms with van der Waals surface area (Å²) in [5, 5.41) is 7.47. The molecule has 0 bridgehead atoms. The maximum absolute atomic E-state index is 4.31. The Bertz CT molecular complexity index is 393. The summed E-state index contributed by atoms with van der Waals surface area (Å²) in [5.74, 6) is 2.20. The monoisotopic (exact) mass is 406 g/mol. The Morgan fingerprint density at radius 1 is 1.45 bits per heavy atom. The normalized spacial score (nSPS) is 18.4. The third-order valence-electron chi connectivity index (χ3n) is 3.14. The van der Waals surface area contributed by atoms with Crippen molar-refractivity contribution < 1.29 is 0 Å². The predicted molar refractivity (Wildman–Crippen MR) is 98.2 cm³/mol. The molecule has 20 heavy (non-hydrogen) atoms. The van der Waals surface area contributed by atoms with Crippen LogP contribution in [0.5, 0.6) is 0 Å².